The van der Waals surface area contributed by atoms with Gasteiger partial charge in [-0.2, -0.15) is 5.26 Å². The molecule has 1 aromatic carbocycles. The van der Waals surface area contributed by atoms with Crippen LogP contribution in [-0.2, 0) is 9.84 Å². The molecule has 6 heteroatoms. The van der Waals surface area contributed by atoms with Gasteiger partial charge in [-0.3, -0.25) is 0 Å². The molecule has 1 N–H and O–H groups in total. The quantitative estimate of drug-likeness (QED) is 0.853. The lowest BCUT2D eigenvalue weighted by Crippen LogP contribution is -2.18. The molecule has 1 aliphatic rings. The van der Waals surface area contributed by atoms with Crippen molar-refractivity contribution in [2.45, 2.75) is 37.5 Å². The van der Waals surface area contributed by atoms with E-state index in [-0.39, 0.29) is 4.91 Å². The van der Waals surface area contributed by atoms with Crippen molar-refractivity contribution in [2.75, 3.05) is 6.54 Å². The van der Waals surface area contributed by atoms with E-state index in [4.69, 9.17) is 0 Å². The van der Waals surface area contributed by atoms with Crippen LogP contribution in [0.2, 0.25) is 0 Å². The molecule has 0 saturated carbocycles. The Bertz CT molecular complexity index is 708. The summed E-state index contributed by atoms with van der Waals surface area (Å²) in [7, 11) is -4.14. The highest BCUT2D eigenvalue weighted by atomic mass is 32.2. The molecule has 1 aliphatic heterocycles. The third-order valence-corrected chi connectivity index (χ3v) is 5.23. The molecule has 21 heavy (non-hydrogen) atoms. The Morgan fingerprint density at radius 2 is 2.10 bits per heavy atom. The number of nitrogens with zero attached hydrogens (tertiary/aromatic N) is 1. The average molecular weight is 308 g/mol. The van der Waals surface area contributed by atoms with E-state index >= 15 is 0 Å². The molecular formula is C15H17FN2O2S. The van der Waals surface area contributed by atoms with Crippen LogP contribution in [0.4, 0.5) is 4.39 Å². The largest absolute Gasteiger partial charge is 0.387 e. The fourth-order valence-corrected chi connectivity index (χ4v) is 3.85. The van der Waals surface area contributed by atoms with Crippen LogP contribution in [0.15, 0.2) is 33.7 Å². The lowest BCUT2D eigenvalue weighted by atomic mass is 10.2. The normalized spacial score (nSPS) is 18.3. The van der Waals surface area contributed by atoms with E-state index in [0.29, 0.717) is 24.2 Å². The molecule has 1 saturated heterocycles. The molecule has 0 amide bonds. The summed E-state index contributed by atoms with van der Waals surface area (Å²) in [5.41, 5.74) is 1.03. The smallest absolute Gasteiger partial charge is 0.221 e. The fraction of sp³-hybridized carbons (Fsp3) is 0.400. The third kappa shape index (κ3) is 3.24. The van der Waals surface area contributed by atoms with Gasteiger partial charge < -0.3 is 5.32 Å². The van der Waals surface area contributed by atoms with Crippen molar-refractivity contribution >= 4 is 9.84 Å². The Kier molecular flexibility index (Phi) is 4.63. The molecule has 0 atom stereocenters. The van der Waals surface area contributed by atoms with Gasteiger partial charge in [0.2, 0.25) is 9.84 Å². The fourth-order valence-electron chi connectivity index (χ4n) is 2.34. The van der Waals surface area contributed by atoms with Crippen LogP contribution < -0.4 is 5.32 Å². The lowest BCUT2D eigenvalue weighted by Gasteiger charge is -2.11. The summed E-state index contributed by atoms with van der Waals surface area (Å²) in [6.07, 6.45) is 3.23. The van der Waals surface area contributed by atoms with Gasteiger partial charge in [0, 0.05) is 12.2 Å². The first-order valence-corrected chi connectivity index (χ1v) is 8.33. The number of rotatable bonds is 2. The van der Waals surface area contributed by atoms with Crippen molar-refractivity contribution in [2.24, 2.45) is 0 Å². The highest BCUT2D eigenvalue weighted by Gasteiger charge is 2.28. The van der Waals surface area contributed by atoms with Gasteiger partial charge in [0.1, 0.15) is 16.8 Å². The number of allylic oxidation sites excluding steroid dienone is 2. The van der Waals surface area contributed by atoms with Crippen molar-refractivity contribution in [3.05, 3.63) is 40.2 Å². The summed E-state index contributed by atoms with van der Waals surface area (Å²) in [6, 6.07) is 5.62. The molecule has 0 aliphatic carbocycles. The Labute approximate surface area is 124 Å². The number of hydrogen-bond acceptors (Lipinski definition) is 4. The van der Waals surface area contributed by atoms with E-state index in [1.54, 1.807) is 13.0 Å². The van der Waals surface area contributed by atoms with Crippen LogP contribution in [0.25, 0.3) is 0 Å². The maximum absolute atomic E-state index is 13.9. The van der Waals surface area contributed by atoms with Gasteiger partial charge in [0.25, 0.3) is 0 Å². The topological polar surface area (TPSA) is 70.0 Å². The Morgan fingerprint density at radius 1 is 1.33 bits per heavy atom. The molecule has 0 spiro atoms. The molecular weight excluding hydrogens is 291 g/mol. The van der Waals surface area contributed by atoms with Gasteiger partial charge >= 0.3 is 0 Å². The van der Waals surface area contributed by atoms with E-state index in [0.717, 1.165) is 25.3 Å². The van der Waals surface area contributed by atoms with Crippen molar-refractivity contribution in [1.82, 2.24) is 5.32 Å². The molecule has 0 unspecified atom stereocenters. The molecule has 1 fully saturated rings. The van der Waals surface area contributed by atoms with Crippen molar-refractivity contribution in [1.29, 1.82) is 5.26 Å². The first-order valence-electron chi connectivity index (χ1n) is 6.85. The maximum Gasteiger partial charge on any atom is 0.221 e. The predicted octanol–water partition coefficient (Wildman–Crippen LogP) is 2.81. The highest BCUT2D eigenvalue weighted by Crippen LogP contribution is 2.27. The van der Waals surface area contributed by atoms with Gasteiger partial charge in [-0.05, 0) is 43.9 Å². The van der Waals surface area contributed by atoms with Gasteiger partial charge in [-0.25, -0.2) is 12.8 Å². The Balaban J connectivity index is 2.57. The summed E-state index contributed by atoms with van der Waals surface area (Å²) in [5, 5.41) is 12.3. The number of nitrogens with one attached hydrogen (secondary N) is 1. The monoisotopic (exact) mass is 308 g/mol. The predicted molar refractivity (Wildman–Crippen MR) is 77.4 cm³/mol. The summed E-state index contributed by atoms with van der Waals surface area (Å²) in [4.78, 5) is -0.800. The second-order valence-electron chi connectivity index (χ2n) is 5.09. The Hall–Kier alpha value is -1.87. The maximum atomic E-state index is 13.9. The van der Waals surface area contributed by atoms with Crippen LogP contribution >= 0.6 is 0 Å². The zero-order chi connectivity index (χ0) is 15.5. The Morgan fingerprint density at radius 3 is 2.81 bits per heavy atom. The first-order chi connectivity index (χ1) is 9.96. The van der Waals surface area contributed by atoms with E-state index in [1.807, 2.05) is 0 Å². The van der Waals surface area contributed by atoms with E-state index in [2.05, 4.69) is 5.32 Å². The van der Waals surface area contributed by atoms with Crippen molar-refractivity contribution in [3.63, 3.8) is 0 Å². The van der Waals surface area contributed by atoms with E-state index < -0.39 is 20.5 Å². The van der Waals surface area contributed by atoms with Crippen LogP contribution in [-0.4, -0.2) is 15.0 Å². The third-order valence-electron chi connectivity index (χ3n) is 3.46. The molecule has 1 heterocycles. The van der Waals surface area contributed by atoms with Crippen LogP contribution in [0.1, 0.15) is 31.2 Å². The van der Waals surface area contributed by atoms with Crippen LogP contribution in [0.5, 0.6) is 0 Å². The number of hydrogen-bond donors (Lipinski definition) is 1. The minimum absolute atomic E-state index is 0.367. The number of benzene rings is 1. The van der Waals surface area contributed by atoms with Gasteiger partial charge in [-0.1, -0.05) is 12.5 Å². The SMILES string of the molecule is Cc1ccc(F)c(S(=O)(=O)/C(C#N)=C2/CCCCCN2)c1. The van der Waals surface area contributed by atoms with Crippen LogP contribution in [0, 0.1) is 24.1 Å². The highest BCUT2D eigenvalue weighted by molar-refractivity contribution is 7.95. The summed E-state index contributed by atoms with van der Waals surface area (Å²) >= 11 is 0. The van der Waals surface area contributed by atoms with Crippen molar-refractivity contribution < 1.29 is 12.8 Å². The average Bonchev–Trinajstić information content (AvgIpc) is 2.71. The van der Waals surface area contributed by atoms with Crippen LogP contribution in [0.3, 0.4) is 0 Å². The molecule has 1 aromatic rings. The summed E-state index contributed by atoms with van der Waals surface area (Å²) in [6.45, 7) is 2.31. The molecule has 4 nitrogen and oxygen atoms in total. The first kappa shape index (κ1) is 15.5. The second kappa shape index (κ2) is 6.27. The standard InChI is InChI=1S/C15H17FN2O2S/c1-11-6-7-12(16)14(9-11)21(19,20)15(10-17)13-5-3-2-4-8-18-13/h6-7,9,18H,2-5,8H2,1H3/b15-13-. The lowest BCUT2D eigenvalue weighted by molar-refractivity contribution is 0.570. The minimum Gasteiger partial charge on any atom is -0.387 e. The summed E-state index contributed by atoms with van der Waals surface area (Å²) in [5.74, 6) is -0.831. The van der Waals surface area contributed by atoms with Gasteiger partial charge in [0.15, 0.2) is 4.91 Å². The number of halogens is 1. The molecule has 0 aromatic heterocycles. The van der Waals surface area contributed by atoms with Gasteiger partial charge in [-0.15, -0.1) is 0 Å². The van der Waals surface area contributed by atoms with Gasteiger partial charge in [0.05, 0.1) is 0 Å². The van der Waals surface area contributed by atoms with E-state index in [9.17, 15) is 18.1 Å². The number of aryl methyl sites for hydroxylation is 1. The molecule has 112 valence electrons. The number of sulfone groups is 1. The summed E-state index contributed by atoms with van der Waals surface area (Å²) < 4.78 is 39.1. The van der Waals surface area contributed by atoms with Crippen molar-refractivity contribution in [3.8, 4) is 6.07 Å². The minimum atomic E-state index is -4.14. The van der Waals surface area contributed by atoms with E-state index in [1.165, 1.54) is 12.1 Å². The molecule has 2 rings (SSSR count). The second-order valence-corrected chi connectivity index (χ2v) is 6.95. The zero-order valence-corrected chi connectivity index (χ0v) is 12.6. The molecule has 0 bridgehead atoms. The number of nitriles is 1. The molecule has 0 radical (unpaired) electrons. The zero-order valence-electron chi connectivity index (χ0n) is 11.8.